The van der Waals surface area contributed by atoms with Crippen LogP contribution in [0.25, 0.3) is 5.69 Å². The van der Waals surface area contributed by atoms with Crippen molar-refractivity contribution in [1.29, 1.82) is 0 Å². The molecule has 0 aliphatic rings. The summed E-state index contributed by atoms with van der Waals surface area (Å²) >= 11 is 6.10. The first kappa shape index (κ1) is 17.0. The SMILES string of the molecule is COc1cc(NC(=O)Cc2ccccc2Cl)ccc1-n1cnc(C)c1. The van der Waals surface area contributed by atoms with Crippen LogP contribution in [0.1, 0.15) is 11.3 Å². The van der Waals surface area contributed by atoms with Gasteiger partial charge >= 0.3 is 0 Å². The second-order valence-corrected chi connectivity index (χ2v) is 6.03. The van der Waals surface area contributed by atoms with Crippen LogP contribution in [0, 0.1) is 6.92 Å². The highest BCUT2D eigenvalue weighted by molar-refractivity contribution is 6.31. The third-order valence-corrected chi connectivity index (χ3v) is 4.13. The number of aromatic nitrogens is 2. The molecule has 0 aliphatic carbocycles. The summed E-state index contributed by atoms with van der Waals surface area (Å²) in [5, 5.41) is 3.46. The first-order valence-electron chi connectivity index (χ1n) is 7.79. The maximum Gasteiger partial charge on any atom is 0.228 e. The van der Waals surface area contributed by atoms with Gasteiger partial charge in [0, 0.05) is 23.0 Å². The predicted molar refractivity (Wildman–Crippen MR) is 98.6 cm³/mol. The highest BCUT2D eigenvalue weighted by Crippen LogP contribution is 2.27. The first-order valence-corrected chi connectivity index (χ1v) is 8.17. The molecule has 1 aromatic heterocycles. The predicted octanol–water partition coefficient (Wildman–Crippen LogP) is 4.02. The van der Waals surface area contributed by atoms with Gasteiger partial charge in [0.2, 0.25) is 5.91 Å². The van der Waals surface area contributed by atoms with Crippen LogP contribution >= 0.6 is 11.6 Å². The molecule has 2 aromatic carbocycles. The number of benzene rings is 2. The zero-order chi connectivity index (χ0) is 17.8. The molecule has 1 heterocycles. The van der Waals surface area contributed by atoms with E-state index in [-0.39, 0.29) is 12.3 Å². The Balaban J connectivity index is 1.77. The average molecular weight is 356 g/mol. The van der Waals surface area contributed by atoms with Crippen LogP contribution in [0.4, 0.5) is 5.69 Å². The lowest BCUT2D eigenvalue weighted by Crippen LogP contribution is -2.14. The van der Waals surface area contributed by atoms with Crippen LogP contribution in [0.2, 0.25) is 5.02 Å². The Hall–Kier alpha value is -2.79. The van der Waals surface area contributed by atoms with Gasteiger partial charge in [-0.05, 0) is 30.7 Å². The fraction of sp³-hybridized carbons (Fsp3) is 0.158. The molecule has 6 heteroatoms. The van der Waals surface area contributed by atoms with Gasteiger partial charge in [-0.2, -0.15) is 0 Å². The molecule has 0 atom stereocenters. The van der Waals surface area contributed by atoms with Gasteiger partial charge in [-0.3, -0.25) is 4.79 Å². The van der Waals surface area contributed by atoms with Gasteiger partial charge in [-0.1, -0.05) is 29.8 Å². The molecular formula is C19H18ClN3O2. The molecule has 128 valence electrons. The smallest absolute Gasteiger partial charge is 0.228 e. The monoisotopic (exact) mass is 355 g/mol. The van der Waals surface area contributed by atoms with E-state index in [1.807, 2.05) is 48.0 Å². The maximum absolute atomic E-state index is 12.3. The quantitative estimate of drug-likeness (QED) is 0.752. The Morgan fingerprint density at radius 2 is 2.08 bits per heavy atom. The van der Waals surface area contributed by atoms with Crippen molar-refractivity contribution in [2.75, 3.05) is 12.4 Å². The topological polar surface area (TPSA) is 56.1 Å². The van der Waals surface area contributed by atoms with Crippen LogP contribution < -0.4 is 10.1 Å². The normalized spacial score (nSPS) is 10.5. The van der Waals surface area contributed by atoms with E-state index in [2.05, 4.69) is 10.3 Å². The number of carbonyl (C=O) groups is 1. The standard InChI is InChI=1S/C19H18ClN3O2/c1-13-11-23(12-21-13)17-8-7-15(10-18(17)25-2)22-19(24)9-14-5-3-4-6-16(14)20/h3-8,10-12H,9H2,1-2H3,(H,22,24). The van der Waals surface area contributed by atoms with E-state index < -0.39 is 0 Å². The number of anilines is 1. The number of halogens is 1. The van der Waals surface area contributed by atoms with Crippen molar-refractivity contribution < 1.29 is 9.53 Å². The number of rotatable bonds is 5. The van der Waals surface area contributed by atoms with Crippen molar-refractivity contribution in [1.82, 2.24) is 9.55 Å². The van der Waals surface area contributed by atoms with Gasteiger partial charge in [0.05, 0.1) is 31.2 Å². The fourth-order valence-electron chi connectivity index (χ4n) is 2.54. The molecule has 5 nitrogen and oxygen atoms in total. The van der Waals surface area contributed by atoms with Crippen molar-refractivity contribution in [3.05, 3.63) is 71.3 Å². The number of methoxy groups -OCH3 is 1. The number of carbonyl (C=O) groups excluding carboxylic acids is 1. The Kier molecular flexibility index (Phi) is 5.05. The van der Waals surface area contributed by atoms with E-state index in [9.17, 15) is 4.79 Å². The zero-order valence-corrected chi connectivity index (χ0v) is 14.7. The first-order chi connectivity index (χ1) is 12.1. The van der Waals surface area contributed by atoms with Gasteiger partial charge in [-0.15, -0.1) is 0 Å². The van der Waals surface area contributed by atoms with Crippen LogP contribution in [0.3, 0.4) is 0 Å². The van der Waals surface area contributed by atoms with Crippen molar-refractivity contribution in [2.45, 2.75) is 13.3 Å². The molecule has 3 aromatic rings. The summed E-state index contributed by atoms with van der Waals surface area (Å²) in [6.07, 6.45) is 3.85. The summed E-state index contributed by atoms with van der Waals surface area (Å²) in [5.74, 6) is 0.509. The van der Waals surface area contributed by atoms with E-state index >= 15 is 0 Å². The van der Waals surface area contributed by atoms with Gasteiger partial charge in [0.15, 0.2) is 0 Å². The number of hydrogen-bond acceptors (Lipinski definition) is 3. The minimum absolute atomic E-state index is 0.138. The van der Waals surface area contributed by atoms with Crippen LogP contribution in [0.5, 0.6) is 5.75 Å². The highest BCUT2D eigenvalue weighted by atomic mass is 35.5. The third-order valence-electron chi connectivity index (χ3n) is 3.76. The number of amides is 1. The summed E-state index contributed by atoms with van der Waals surface area (Å²) in [6.45, 7) is 1.92. The maximum atomic E-state index is 12.3. The molecule has 0 spiro atoms. The number of aryl methyl sites for hydroxylation is 1. The second-order valence-electron chi connectivity index (χ2n) is 5.63. The van der Waals surface area contributed by atoms with Crippen molar-refractivity contribution >= 4 is 23.2 Å². The summed E-state index contributed by atoms with van der Waals surface area (Å²) in [4.78, 5) is 16.5. The average Bonchev–Trinajstić information content (AvgIpc) is 3.03. The molecule has 3 rings (SSSR count). The highest BCUT2D eigenvalue weighted by Gasteiger charge is 2.11. The van der Waals surface area contributed by atoms with Gasteiger partial charge in [0.25, 0.3) is 0 Å². The molecule has 0 saturated carbocycles. The molecule has 0 unspecified atom stereocenters. The van der Waals surface area contributed by atoms with E-state index in [4.69, 9.17) is 16.3 Å². The van der Waals surface area contributed by atoms with E-state index in [0.29, 0.717) is 16.5 Å². The van der Waals surface area contributed by atoms with Crippen molar-refractivity contribution in [3.63, 3.8) is 0 Å². The Bertz CT molecular complexity index is 905. The fourth-order valence-corrected chi connectivity index (χ4v) is 2.74. The van der Waals surface area contributed by atoms with Gasteiger partial charge in [0.1, 0.15) is 5.75 Å². The Morgan fingerprint density at radius 3 is 2.76 bits per heavy atom. The molecule has 1 N–H and O–H groups in total. The summed E-state index contributed by atoms with van der Waals surface area (Å²) in [7, 11) is 1.60. The van der Waals surface area contributed by atoms with Crippen molar-refractivity contribution in [2.24, 2.45) is 0 Å². The zero-order valence-electron chi connectivity index (χ0n) is 14.0. The minimum atomic E-state index is -0.138. The van der Waals surface area contributed by atoms with E-state index in [1.165, 1.54) is 0 Å². The molecule has 0 aliphatic heterocycles. The molecule has 0 bridgehead atoms. The third kappa shape index (κ3) is 4.00. The molecule has 0 saturated heterocycles. The molecule has 1 amide bonds. The largest absolute Gasteiger partial charge is 0.494 e. The number of ether oxygens (including phenoxy) is 1. The van der Waals surface area contributed by atoms with Gasteiger partial charge < -0.3 is 14.6 Å². The Morgan fingerprint density at radius 1 is 1.28 bits per heavy atom. The number of hydrogen-bond donors (Lipinski definition) is 1. The Labute approximate surface area is 151 Å². The lowest BCUT2D eigenvalue weighted by molar-refractivity contribution is -0.115. The lowest BCUT2D eigenvalue weighted by atomic mass is 10.1. The number of imidazole rings is 1. The van der Waals surface area contributed by atoms with Crippen LogP contribution in [-0.4, -0.2) is 22.6 Å². The second kappa shape index (κ2) is 7.40. The summed E-state index contributed by atoms with van der Waals surface area (Å²) in [5.41, 5.74) is 3.22. The molecular weight excluding hydrogens is 338 g/mol. The number of nitrogens with one attached hydrogen (secondary N) is 1. The van der Waals surface area contributed by atoms with Gasteiger partial charge in [-0.25, -0.2) is 4.98 Å². The molecule has 25 heavy (non-hydrogen) atoms. The summed E-state index contributed by atoms with van der Waals surface area (Å²) < 4.78 is 7.33. The van der Waals surface area contributed by atoms with E-state index in [0.717, 1.165) is 16.9 Å². The van der Waals surface area contributed by atoms with Crippen LogP contribution in [-0.2, 0) is 11.2 Å². The molecule has 0 radical (unpaired) electrons. The van der Waals surface area contributed by atoms with E-state index in [1.54, 1.807) is 25.6 Å². The lowest BCUT2D eigenvalue weighted by Gasteiger charge is -2.12. The van der Waals surface area contributed by atoms with Crippen molar-refractivity contribution in [3.8, 4) is 11.4 Å². The minimum Gasteiger partial charge on any atom is -0.494 e. The number of nitrogens with zero attached hydrogens (tertiary/aromatic N) is 2. The summed E-state index contributed by atoms with van der Waals surface area (Å²) in [6, 6.07) is 12.8. The van der Waals surface area contributed by atoms with Crippen LogP contribution in [0.15, 0.2) is 55.0 Å². The molecule has 0 fully saturated rings.